The first-order valence-corrected chi connectivity index (χ1v) is 4.53. The highest BCUT2D eigenvalue weighted by Crippen LogP contribution is 2.38. The van der Waals surface area contributed by atoms with E-state index in [-0.39, 0.29) is 6.61 Å². The van der Waals surface area contributed by atoms with E-state index < -0.39 is 0 Å². The third-order valence-corrected chi connectivity index (χ3v) is 2.18. The van der Waals surface area contributed by atoms with Gasteiger partial charge in [-0.05, 0) is 17.7 Å². The second kappa shape index (κ2) is 3.75. The molecule has 0 radical (unpaired) electrons. The first kappa shape index (κ1) is 9.15. The first-order chi connectivity index (χ1) is 6.85. The van der Waals surface area contributed by atoms with Crippen LogP contribution in [0, 0.1) is 0 Å². The Morgan fingerprint density at radius 1 is 1.57 bits per heavy atom. The Morgan fingerprint density at radius 3 is 3.14 bits per heavy atom. The molecule has 1 aromatic rings. The van der Waals surface area contributed by atoms with E-state index in [0.29, 0.717) is 12.4 Å². The zero-order chi connectivity index (χ0) is 9.97. The highest BCUT2D eigenvalue weighted by molar-refractivity contribution is 5.66. The average Bonchev–Trinajstić information content (AvgIpc) is 2.27. The summed E-state index contributed by atoms with van der Waals surface area (Å²) in [7, 11) is 1.59. The van der Waals surface area contributed by atoms with Crippen molar-refractivity contribution in [2.75, 3.05) is 25.6 Å². The second-order valence-electron chi connectivity index (χ2n) is 3.11. The fourth-order valence-electron chi connectivity index (χ4n) is 1.52. The fourth-order valence-corrected chi connectivity index (χ4v) is 1.52. The number of methoxy groups -OCH3 is 1. The van der Waals surface area contributed by atoms with Crippen LogP contribution in [0.3, 0.4) is 0 Å². The van der Waals surface area contributed by atoms with E-state index in [9.17, 15) is 0 Å². The van der Waals surface area contributed by atoms with Crippen LogP contribution < -0.4 is 14.8 Å². The van der Waals surface area contributed by atoms with Gasteiger partial charge in [0.15, 0.2) is 11.5 Å². The van der Waals surface area contributed by atoms with Gasteiger partial charge >= 0.3 is 0 Å². The minimum atomic E-state index is 0.00528. The van der Waals surface area contributed by atoms with Crippen LogP contribution in [-0.4, -0.2) is 25.4 Å². The predicted molar refractivity (Wildman–Crippen MR) is 52.9 cm³/mol. The molecule has 2 rings (SSSR count). The summed E-state index contributed by atoms with van der Waals surface area (Å²) in [5.74, 6) is 1.40. The molecule has 1 aromatic carbocycles. The lowest BCUT2D eigenvalue weighted by molar-refractivity contribution is 0.277. The van der Waals surface area contributed by atoms with Crippen molar-refractivity contribution < 1.29 is 14.6 Å². The monoisotopic (exact) mass is 195 g/mol. The molecular weight excluding hydrogens is 182 g/mol. The van der Waals surface area contributed by atoms with Crippen molar-refractivity contribution in [3.05, 3.63) is 17.7 Å². The smallest absolute Gasteiger partial charge is 0.184 e. The molecule has 0 saturated carbocycles. The second-order valence-corrected chi connectivity index (χ2v) is 3.11. The van der Waals surface area contributed by atoms with Gasteiger partial charge in [-0.3, -0.25) is 0 Å². The molecule has 0 amide bonds. The number of fused-ring (bicyclic) bond motifs is 1. The standard InChI is InChI=1S/C10H13NO3/c1-13-9-5-7(6-12)4-8-10(9)14-3-2-11-8/h4-5,11-12H,2-3,6H2,1H3. The molecule has 2 N–H and O–H groups in total. The lowest BCUT2D eigenvalue weighted by Gasteiger charge is -2.21. The van der Waals surface area contributed by atoms with Gasteiger partial charge in [0.2, 0.25) is 0 Å². The Kier molecular flexibility index (Phi) is 2.45. The molecule has 4 heteroatoms. The largest absolute Gasteiger partial charge is 0.493 e. The van der Waals surface area contributed by atoms with Crippen LogP contribution in [-0.2, 0) is 6.61 Å². The topological polar surface area (TPSA) is 50.7 Å². The number of rotatable bonds is 2. The van der Waals surface area contributed by atoms with E-state index in [2.05, 4.69) is 5.32 Å². The van der Waals surface area contributed by atoms with E-state index in [4.69, 9.17) is 14.6 Å². The molecule has 0 aliphatic carbocycles. The Morgan fingerprint density at radius 2 is 2.43 bits per heavy atom. The molecule has 1 aliphatic rings. The van der Waals surface area contributed by atoms with E-state index in [1.54, 1.807) is 13.2 Å². The number of hydrogen-bond donors (Lipinski definition) is 2. The molecule has 0 atom stereocenters. The Hall–Kier alpha value is -1.42. The molecule has 0 unspecified atom stereocenters. The van der Waals surface area contributed by atoms with Gasteiger partial charge in [0.25, 0.3) is 0 Å². The molecule has 1 heterocycles. The number of nitrogens with one attached hydrogen (secondary N) is 1. The summed E-state index contributed by atoms with van der Waals surface area (Å²) < 4.78 is 10.7. The van der Waals surface area contributed by atoms with Crippen LogP contribution in [0.2, 0.25) is 0 Å². The van der Waals surface area contributed by atoms with E-state index in [1.807, 2.05) is 6.07 Å². The quantitative estimate of drug-likeness (QED) is 0.739. The van der Waals surface area contributed by atoms with E-state index in [0.717, 1.165) is 23.5 Å². The summed E-state index contributed by atoms with van der Waals surface area (Å²) in [6, 6.07) is 3.66. The Balaban J connectivity index is 2.47. The number of aliphatic hydroxyl groups is 1. The van der Waals surface area contributed by atoms with Crippen molar-refractivity contribution in [3.63, 3.8) is 0 Å². The van der Waals surface area contributed by atoms with Gasteiger partial charge < -0.3 is 19.9 Å². The maximum Gasteiger partial charge on any atom is 0.184 e. The van der Waals surface area contributed by atoms with Crippen molar-refractivity contribution >= 4 is 5.69 Å². The number of ether oxygens (including phenoxy) is 2. The Bertz CT molecular complexity index is 321. The van der Waals surface area contributed by atoms with Crippen LogP contribution in [0.15, 0.2) is 12.1 Å². The van der Waals surface area contributed by atoms with Gasteiger partial charge in [-0.2, -0.15) is 0 Å². The van der Waals surface area contributed by atoms with Crippen molar-refractivity contribution in [1.82, 2.24) is 0 Å². The summed E-state index contributed by atoms with van der Waals surface area (Å²) in [5, 5.41) is 12.2. The number of hydrogen-bond acceptors (Lipinski definition) is 4. The van der Waals surface area contributed by atoms with Gasteiger partial charge in [-0.1, -0.05) is 0 Å². The van der Waals surface area contributed by atoms with Crippen LogP contribution in [0.25, 0.3) is 0 Å². The average molecular weight is 195 g/mol. The molecule has 76 valence electrons. The number of benzene rings is 1. The zero-order valence-corrected chi connectivity index (χ0v) is 8.04. The maximum absolute atomic E-state index is 9.03. The van der Waals surface area contributed by atoms with Crippen molar-refractivity contribution in [2.24, 2.45) is 0 Å². The minimum absolute atomic E-state index is 0.00528. The summed E-state index contributed by atoms with van der Waals surface area (Å²) in [6.45, 7) is 1.43. The molecule has 0 spiro atoms. The summed E-state index contributed by atoms with van der Waals surface area (Å²) in [4.78, 5) is 0. The third-order valence-electron chi connectivity index (χ3n) is 2.18. The third kappa shape index (κ3) is 1.48. The lowest BCUT2D eigenvalue weighted by Crippen LogP contribution is -2.18. The van der Waals surface area contributed by atoms with E-state index in [1.165, 1.54) is 0 Å². The van der Waals surface area contributed by atoms with Gasteiger partial charge in [-0.25, -0.2) is 0 Å². The summed E-state index contributed by atoms with van der Waals surface area (Å²) in [6.07, 6.45) is 0. The van der Waals surface area contributed by atoms with Crippen LogP contribution in [0.5, 0.6) is 11.5 Å². The highest BCUT2D eigenvalue weighted by atomic mass is 16.5. The number of anilines is 1. The Labute approximate surface area is 82.5 Å². The highest BCUT2D eigenvalue weighted by Gasteiger charge is 2.16. The predicted octanol–water partition coefficient (Wildman–Crippen LogP) is 0.992. The molecule has 0 bridgehead atoms. The van der Waals surface area contributed by atoms with Crippen molar-refractivity contribution in [1.29, 1.82) is 0 Å². The SMILES string of the molecule is COc1cc(CO)cc2c1OCCN2. The molecule has 14 heavy (non-hydrogen) atoms. The van der Waals surface area contributed by atoms with Crippen LogP contribution in [0.4, 0.5) is 5.69 Å². The lowest BCUT2D eigenvalue weighted by atomic mass is 10.1. The van der Waals surface area contributed by atoms with Gasteiger partial charge in [-0.15, -0.1) is 0 Å². The normalized spacial score (nSPS) is 13.9. The summed E-state index contributed by atoms with van der Waals surface area (Å²) >= 11 is 0. The molecule has 1 aliphatic heterocycles. The molecule has 0 aromatic heterocycles. The first-order valence-electron chi connectivity index (χ1n) is 4.53. The zero-order valence-electron chi connectivity index (χ0n) is 8.04. The van der Waals surface area contributed by atoms with E-state index >= 15 is 0 Å². The van der Waals surface area contributed by atoms with Gasteiger partial charge in [0.05, 0.1) is 19.4 Å². The van der Waals surface area contributed by atoms with Crippen LogP contribution >= 0.6 is 0 Å². The molecular formula is C10H13NO3. The van der Waals surface area contributed by atoms with Crippen molar-refractivity contribution in [2.45, 2.75) is 6.61 Å². The number of aliphatic hydroxyl groups excluding tert-OH is 1. The minimum Gasteiger partial charge on any atom is -0.493 e. The molecule has 0 saturated heterocycles. The molecule has 4 nitrogen and oxygen atoms in total. The van der Waals surface area contributed by atoms with Gasteiger partial charge in [0.1, 0.15) is 6.61 Å². The summed E-state index contributed by atoms with van der Waals surface area (Å²) in [5.41, 5.74) is 1.71. The van der Waals surface area contributed by atoms with Gasteiger partial charge in [0, 0.05) is 6.54 Å². The van der Waals surface area contributed by atoms with Crippen molar-refractivity contribution in [3.8, 4) is 11.5 Å². The fraction of sp³-hybridized carbons (Fsp3) is 0.400. The molecule has 0 fully saturated rings. The maximum atomic E-state index is 9.03. The van der Waals surface area contributed by atoms with Crippen LogP contribution in [0.1, 0.15) is 5.56 Å².